The molecule has 0 aliphatic carbocycles. The second-order valence-corrected chi connectivity index (χ2v) is 2.47. The Morgan fingerprint density at radius 3 is 2.77 bits per heavy atom. The van der Waals surface area contributed by atoms with Gasteiger partial charge in [0, 0.05) is 5.56 Å². The van der Waals surface area contributed by atoms with E-state index in [1.165, 1.54) is 7.11 Å². The Bertz CT molecular complexity index is 377. The Labute approximate surface area is 76.8 Å². The lowest BCUT2D eigenvalue weighted by molar-refractivity contribution is 0.0594. The van der Waals surface area contributed by atoms with Gasteiger partial charge in [-0.15, -0.1) is 6.42 Å². The number of nitrogens with zero attached hydrogens (tertiary/aromatic N) is 1. The molecule has 0 saturated carbocycles. The van der Waals surface area contributed by atoms with Crippen LogP contribution in [0.25, 0.3) is 0 Å². The molecule has 0 N–H and O–H groups in total. The Hall–Kier alpha value is -1.82. The van der Waals surface area contributed by atoms with Gasteiger partial charge in [-0.2, -0.15) is 0 Å². The number of ether oxygens (including phenoxy) is 1. The van der Waals surface area contributed by atoms with E-state index in [2.05, 4.69) is 15.6 Å². The van der Waals surface area contributed by atoms with Crippen molar-refractivity contribution in [2.24, 2.45) is 0 Å². The molecule has 13 heavy (non-hydrogen) atoms. The van der Waals surface area contributed by atoms with Crippen molar-refractivity contribution in [3.05, 3.63) is 29.1 Å². The summed E-state index contributed by atoms with van der Waals surface area (Å²) in [6.07, 6.45) is 5.20. The number of hydrogen-bond acceptors (Lipinski definition) is 3. The first-order chi connectivity index (χ1) is 6.19. The van der Waals surface area contributed by atoms with E-state index in [1.54, 1.807) is 19.1 Å². The molecule has 3 nitrogen and oxygen atoms in total. The molecule has 1 aromatic rings. The third-order valence-electron chi connectivity index (χ3n) is 1.64. The number of terminal acetylenes is 1. The Kier molecular flexibility index (Phi) is 2.65. The van der Waals surface area contributed by atoms with Crippen molar-refractivity contribution in [2.75, 3.05) is 7.11 Å². The molecule has 0 saturated heterocycles. The largest absolute Gasteiger partial charge is 0.464 e. The molecule has 0 bridgehead atoms. The fourth-order valence-electron chi connectivity index (χ4n) is 0.932. The normalized spacial score (nSPS) is 9.00. The molecule has 0 spiro atoms. The fraction of sp³-hybridized carbons (Fsp3) is 0.200. The minimum Gasteiger partial charge on any atom is -0.464 e. The van der Waals surface area contributed by atoms with Gasteiger partial charge < -0.3 is 4.74 Å². The van der Waals surface area contributed by atoms with E-state index < -0.39 is 5.97 Å². The summed E-state index contributed by atoms with van der Waals surface area (Å²) in [7, 11) is 1.31. The van der Waals surface area contributed by atoms with Crippen LogP contribution in [0.3, 0.4) is 0 Å². The SMILES string of the molecule is C#Cc1ccc(C(=O)OC)nc1C. The van der Waals surface area contributed by atoms with E-state index >= 15 is 0 Å². The van der Waals surface area contributed by atoms with Crippen molar-refractivity contribution >= 4 is 5.97 Å². The van der Waals surface area contributed by atoms with Gasteiger partial charge in [0.05, 0.1) is 12.8 Å². The molecule has 1 aromatic heterocycles. The first kappa shape index (κ1) is 9.27. The molecule has 0 fully saturated rings. The Morgan fingerprint density at radius 1 is 1.62 bits per heavy atom. The highest BCUT2D eigenvalue weighted by atomic mass is 16.5. The molecule has 66 valence electrons. The van der Waals surface area contributed by atoms with Crippen LogP contribution in [0.4, 0.5) is 0 Å². The molecule has 0 aliphatic heterocycles. The van der Waals surface area contributed by atoms with Crippen molar-refractivity contribution in [1.82, 2.24) is 4.98 Å². The van der Waals surface area contributed by atoms with Gasteiger partial charge in [-0.3, -0.25) is 0 Å². The third-order valence-corrected chi connectivity index (χ3v) is 1.64. The number of hydrogen-bond donors (Lipinski definition) is 0. The van der Waals surface area contributed by atoms with Gasteiger partial charge in [0.1, 0.15) is 5.69 Å². The summed E-state index contributed by atoms with van der Waals surface area (Å²) in [6, 6.07) is 3.22. The van der Waals surface area contributed by atoms with E-state index in [0.29, 0.717) is 11.3 Å². The number of pyridine rings is 1. The summed E-state index contributed by atoms with van der Waals surface area (Å²) in [4.78, 5) is 15.0. The number of rotatable bonds is 1. The Morgan fingerprint density at radius 2 is 2.31 bits per heavy atom. The zero-order valence-corrected chi connectivity index (χ0v) is 7.50. The summed E-state index contributed by atoms with van der Waals surface area (Å²) in [5, 5.41) is 0. The van der Waals surface area contributed by atoms with Crippen molar-refractivity contribution < 1.29 is 9.53 Å². The summed E-state index contributed by atoms with van der Waals surface area (Å²) < 4.78 is 4.51. The van der Waals surface area contributed by atoms with Gasteiger partial charge in [-0.05, 0) is 19.1 Å². The highest BCUT2D eigenvalue weighted by Gasteiger charge is 2.07. The van der Waals surface area contributed by atoms with Gasteiger partial charge in [-0.25, -0.2) is 9.78 Å². The van der Waals surface area contributed by atoms with E-state index in [1.807, 2.05) is 0 Å². The third kappa shape index (κ3) is 1.85. The fourth-order valence-corrected chi connectivity index (χ4v) is 0.932. The lowest BCUT2D eigenvalue weighted by Crippen LogP contribution is -2.05. The monoisotopic (exact) mass is 175 g/mol. The highest BCUT2D eigenvalue weighted by molar-refractivity contribution is 5.87. The number of aryl methyl sites for hydroxylation is 1. The minimum atomic E-state index is -0.452. The van der Waals surface area contributed by atoms with Crippen LogP contribution in [-0.4, -0.2) is 18.1 Å². The number of carbonyl (C=O) groups is 1. The van der Waals surface area contributed by atoms with Crippen molar-refractivity contribution in [3.63, 3.8) is 0 Å². The van der Waals surface area contributed by atoms with Gasteiger partial charge >= 0.3 is 5.97 Å². The molecular weight excluding hydrogens is 166 g/mol. The molecule has 1 heterocycles. The molecule has 0 unspecified atom stereocenters. The van der Waals surface area contributed by atoms with E-state index in [0.717, 1.165) is 0 Å². The van der Waals surface area contributed by atoms with E-state index in [4.69, 9.17) is 6.42 Å². The lowest BCUT2D eigenvalue weighted by atomic mass is 10.2. The van der Waals surface area contributed by atoms with Crippen LogP contribution < -0.4 is 0 Å². The molecule has 0 aliphatic rings. The second kappa shape index (κ2) is 3.72. The minimum absolute atomic E-state index is 0.277. The van der Waals surface area contributed by atoms with Crippen molar-refractivity contribution in [2.45, 2.75) is 6.92 Å². The molecule has 0 radical (unpaired) electrons. The van der Waals surface area contributed by atoms with Crippen LogP contribution >= 0.6 is 0 Å². The number of esters is 1. The summed E-state index contributed by atoms with van der Waals surface area (Å²) >= 11 is 0. The summed E-state index contributed by atoms with van der Waals surface area (Å²) in [5.41, 5.74) is 1.62. The van der Waals surface area contributed by atoms with Crippen LogP contribution in [0.1, 0.15) is 21.7 Å². The number of aromatic nitrogens is 1. The van der Waals surface area contributed by atoms with Gasteiger partial charge in [0.25, 0.3) is 0 Å². The van der Waals surface area contributed by atoms with Gasteiger partial charge in [0.15, 0.2) is 0 Å². The van der Waals surface area contributed by atoms with Crippen LogP contribution in [0.15, 0.2) is 12.1 Å². The quantitative estimate of drug-likeness (QED) is 0.475. The highest BCUT2D eigenvalue weighted by Crippen LogP contribution is 2.05. The average Bonchev–Trinajstić information content (AvgIpc) is 2.16. The molecule has 1 rings (SSSR count). The predicted molar refractivity (Wildman–Crippen MR) is 48.2 cm³/mol. The molecule has 0 amide bonds. The van der Waals surface area contributed by atoms with Gasteiger partial charge in [0.2, 0.25) is 0 Å². The van der Waals surface area contributed by atoms with Crippen molar-refractivity contribution in [3.8, 4) is 12.3 Å². The maximum Gasteiger partial charge on any atom is 0.356 e. The summed E-state index contributed by atoms with van der Waals surface area (Å²) in [6.45, 7) is 1.75. The van der Waals surface area contributed by atoms with Crippen LogP contribution in [0.2, 0.25) is 0 Å². The predicted octanol–water partition coefficient (Wildman–Crippen LogP) is 1.16. The van der Waals surface area contributed by atoms with Crippen LogP contribution in [-0.2, 0) is 4.74 Å². The topological polar surface area (TPSA) is 39.2 Å². The molecular formula is C10H9NO2. The maximum absolute atomic E-state index is 11.0. The number of carbonyl (C=O) groups excluding carboxylic acids is 1. The standard InChI is InChI=1S/C10H9NO2/c1-4-8-5-6-9(10(12)13-3)11-7(8)2/h1,5-6H,2-3H3. The zero-order valence-electron chi connectivity index (χ0n) is 7.50. The summed E-state index contributed by atoms with van der Waals surface area (Å²) in [5.74, 6) is 2.01. The molecule has 0 atom stereocenters. The Balaban J connectivity index is 3.11. The second-order valence-electron chi connectivity index (χ2n) is 2.47. The van der Waals surface area contributed by atoms with E-state index in [-0.39, 0.29) is 5.69 Å². The van der Waals surface area contributed by atoms with Crippen LogP contribution in [0, 0.1) is 19.3 Å². The smallest absolute Gasteiger partial charge is 0.356 e. The first-order valence-electron chi connectivity index (χ1n) is 3.71. The lowest BCUT2D eigenvalue weighted by Gasteiger charge is -2.00. The van der Waals surface area contributed by atoms with Crippen LogP contribution in [0.5, 0.6) is 0 Å². The van der Waals surface area contributed by atoms with E-state index in [9.17, 15) is 4.79 Å². The average molecular weight is 175 g/mol. The number of methoxy groups -OCH3 is 1. The maximum atomic E-state index is 11.0. The van der Waals surface area contributed by atoms with Crippen molar-refractivity contribution in [1.29, 1.82) is 0 Å². The first-order valence-corrected chi connectivity index (χ1v) is 3.71. The zero-order chi connectivity index (χ0) is 9.84. The van der Waals surface area contributed by atoms with Gasteiger partial charge in [-0.1, -0.05) is 5.92 Å². The molecule has 3 heteroatoms. The molecule has 0 aromatic carbocycles.